The zero-order valence-corrected chi connectivity index (χ0v) is 8.39. The molecule has 1 saturated heterocycles. The van der Waals surface area contributed by atoms with Gasteiger partial charge in [-0.1, -0.05) is 0 Å². The van der Waals surface area contributed by atoms with Gasteiger partial charge in [0.1, 0.15) is 0 Å². The van der Waals surface area contributed by atoms with Crippen molar-refractivity contribution in [1.82, 2.24) is 5.32 Å². The first kappa shape index (κ1) is 6.98. The van der Waals surface area contributed by atoms with Gasteiger partial charge < -0.3 is 0 Å². The van der Waals surface area contributed by atoms with Crippen LogP contribution < -0.4 is 5.32 Å². The molecular weight excluding hydrogens is 290 g/mol. The van der Waals surface area contributed by atoms with Gasteiger partial charge in [-0.05, 0) is 0 Å². The Balaban J connectivity index is 2.27. The van der Waals surface area contributed by atoms with Crippen molar-refractivity contribution in [3.05, 3.63) is 0 Å². The quantitative estimate of drug-likeness (QED) is 0.708. The van der Waals surface area contributed by atoms with Gasteiger partial charge in [-0.25, -0.2) is 0 Å². The summed E-state index contributed by atoms with van der Waals surface area (Å²) in [5, 5.41) is 3.36. The molecule has 8 heavy (non-hydrogen) atoms. The number of hydrogen-bond donors (Lipinski definition) is 1. The third kappa shape index (κ3) is 2.43. The van der Waals surface area contributed by atoms with Crippen LogP contribution in [0.2, 0.25) is 0 Å². The van der Waals surface area contributed by atoms with Crippen LogP contribution in [-0.4, -0.2) is 15.7 Å². The second kappa shape index (κ2) is 3.81. The van der Waals surface area contributed by atoms with Crippen molar-refractivity contribution in [2.75, 3.05) is 11.6 Å². The molecule has 46 valence electrons. The molecule has 0 amide bonds. The Labute approximate surface area is 65.0 Å². The maximum absolute atomic E-state index is 3.36. The monoisotopic (exact) mass is 299 g/mol. The van der Waals surface area contributed by atoms with E-state index in [9.17, 15) is 0 Å². The Morgan fingerprint density at radius 3 is 3.38 bits per heavy atom. The van der Waals surface area contributed by atoms with Crippen LogP contribution in [0.15, 0.2) is 0 Å². The van der Waals surface area contributed by atoms with E-state index in [1.54, 1.807) is 19.4 Å². The van der Waals surface area contributed by atoms with E-state index in [1.165, 1.54) is 22.6 Å². The standard InChI is InChI=1S/C5H9NS.W/c1-2-4-7-5-6-3-1;/h6H,1-2,4-5H2;. The van der Waals surface area contributed by atoms with E-state index in [4.69, 9.17) is 0 Å². The van der Waals surface area contributed by atoms with Crippen molar-refractivity contribution in [2.45, 2.75) is 12.8 Å². The van der Waals surface area contributed by atoms with Crippen LogP contribution in [0, 0.1) is 0 Å². The molecule has 1 aliphatic rings. The molecule has 1 nitrogen and oxygen atoms in total. The van der Waals surface area contributed by atoms with Crippen LogP contribution in [0.4, 0.5) is 0 Å². The molecule has 0 radical (unpaired) electrons. The zero-order chi connectivity index (χ0) is 5.82. The van der Waals surface area contributed by atoms with E-state index >= 15 is 0 Å². The second-order valence-electron chi connectivity index (χ2n) is 1.76. The van der Waals surface area contributed by atoms with Crippen LogP contribution in [0.25, 0.3) is 0 Å². The fourth-order valence-corrected chi connectivity index (χ4v) is 2.54. The normalized spacial score (nSPS) is 22.8. The third-order valence-corrected chi connectivity index (χ3v) is 3.24. The fraction of sp³-hybridized carbons (Fsp3) is 0.800. The van der Waals surface area contributed by atoms with Gasteiger partial charge in [0, 0.05) is 0 Å². The Morgan fingerprint density at radius 1 is 1.62 bits per heavy atom. The zero-order valence-electron chi connectivity index (χ0n) is 4.64. The molecule has 1 heterocycles. The summed E-state index contributed by atoms with van der Waals surface area (Å²) in [6.45, 7) is 0. The van der Waals surface area contributed by atoms with Crippen LogP contribution in [0.5, 0.6) is 0 Å². The van der Waals surface area contributed by atoms with Crippen LogP contribution in [0.3, 0.4) is 0 Å². The molecule has 0 bridgehead atoms. The number of thioether (sulfide) groups is 1. The second-order valence-corrected chi connectivity index (χ2v) is 4.63. The molecule has 0 aromatic heterocycles. The van der Waals surface area contributed by atoms with Crippen molar-refractivity contribution < 1.29 is 19.4 Å². The first-order valence-corrected chi connectivity index (χ1v) is 5.36. The van der Waals surface area contributed by atoms with Gasteiger partial charge in [-0.15, -0.1) is 0 Å². The molecule has 0 unspecified atom stereocenters. The minimum atomic E-state index is 1.14. The molecular formula is C5H9NSW. The maximum atomic E-state index is 3.36. The minimum absolute atomic E-state index is 1.14. The predicted molar refractivity (Wildman–Crippen MR) is 34.7 cm³/mol. The Kier molecular flexibility index (Phi) is 3.33. The summed E-state index contributed by atoms with van der Waals surface area (Å²) >= 11 is 3.61. The molecule has 0 atom stereocenters. The van der Waals surface area contributed by atoms with Crippen LogP contribution in [-0.2, 0) is 19.4 Å². The molecule has 0 saturated carbocycles. The molecule has 0 aromatic rings. The van der Waals surface area contributed by atoms with E-state index in [0.717, 1.165) is 5.88 Å². The third-order valence-electron chi connectivity index (χ3n) is 1.06. The number of nitrogens with one attached hydrogen (secondary N) is 1. The van der Waals surface area contributed by atoms with Crippen molar-refractivity contribution >= 4 is 15.8 Å². The van der Waals surface area contributed by atoms with Crippen LogP contribution in [0.1, 0.15) is 12.8 Å². The van der Waals surface area contributed by atoms with Gasteiger partial charge in [0.05, 0.1) is 0 Å². The van der Waals surface area contributed by atoms with Crippen LogP contribution >= 0.6 is 11.8 Å². The van der Waals surface area contributed by atoms with E-state index < -0.39 is 0 Å². The average Bonchev–Trinajstić information content (AvgIpc) is 1.94. The summed E-state index contributed by atoms with van der Waals surface area (Å²) in [5.41, 5.74) is 0. The Morgan fingerprint density at radius 2 is 2.50 bits per heavy atom. The van der Waals surface area contributed by atoms with Gasteiger partial charge in [0.2, 0.25) is 0 Å². The Bertz CT molecular complexity index is 84.4. The molecule has 3 heteroatoms. The van der Waals surface area contributed by atoms with Crippen molar-refractivity contribution in [3.8, 4) is 0 Å². The first-order chi connectivity index (χ1) is 3.89. The van der Waals surface area contributed by atoms with Crippen molar-refractivity contribution in [1.29, 1.82) is 0 Å². The fourth-order valence-electron chi connectivity index (χ4n) is 0.627. The number of hydrogen-bond acceptors (Lipinski definition) is 2. The molecule has 1 rings (SSSR count). The van der Waals surface area contributed by atoms with E-state index in [-0.39, 0.29) is 0 Å². The van der Waals surface area contributed by atoms with Gasteiger partial charge >= 0.3 is 64.9 Å². The molecule has 0 aromatic carbocycles. The summed E-state index contributed by atoms with van der Waals surface area (Å²) in [6, 6.07) is 0. The summed E-state index contributed by atoms with van der Waals surface area (Å²) in [7, 11) is 0. The van der Waals surface area contributed by atoms with E-state index in [2.05, 4.69) is 5.32 Å². The number of rotatable bonds is 0. The topological polar surface area (TPSA) is 12.0 Å². The van der Waals surface area contributed by atoms with E-state index in [0.29, 0.717) is 0 Å². The van der Waals surface area contributed by atoms with Crippen molar-refractivity contribution in [3.63, 3.8) is 0 Å². The van der Waals surface area contributed by atoms with Gasteiger partial charge in [-0.2, -0.15) is 0 Å². The molecule has 1 N–H and O–H groups in total. The summed E-state index contributed by atoms with van der Waals surface area (Å²) in [4.78, 5) is 0. The van der Waals surface area contributed by atoms with Gasteiger partial charge in [-0.3, -0.25) is 0 Å². The SMILES string of the molecule is [W]=[C]1CCCSCN1. The Hall–Kier alpha value is 0.868. The van der Waals surface area contributed by atoms with Gasteiger partial charge in [0.15, 0.2) is 0 Å². The van der Waals surface area contributed by atoms with Crippen molar-refractivity contribution in [2.24, 2.45) is 0 Å². The molecule has 1 aliphatic heterocycles. The molecule has 0 spiro atoms. The summed E-state index contributed by atoms with van der Waals surface area (Å²) in [5.74, 6) is 2.47. The first-order valence-electron chi connectivity index (χ1n) is 2.74. The van der Waals surface area contributed by atoms with Gasteiger partial charge in [0.25, 0.3) is 0 Å². The molecule has 0 aliphatic carbocycles. The summed E-state index contributed by atoms with van der Waals surface area (Å²) in [6.07, 6.45) is 2.68. The van der Waals surface area contributed by atoms with E-state index in [1.807, 2.05) is 11.8 Å². The molecule has 1 fully saturated rings. The predicted octanol–water partition coefficient (Wildman–Crippen LogP) is 0.737. The average molecular weight is 299 g/mol. The summed E-state index contributed by atoms with van der Waals surface area (Å²) < 4.78 is 1.54.